The quantitative estimate of drug-likeness (QED) is 0.537. The van der Waals surface area contributed by atoms with Gasteiger partial charge in [0.05, 0.1) is 22.2 Å². The highest BCUT2D eigenvalue weighted by Crippen LogP contribution is 2.36. The van der Waals surface area contributed by atoms with Crippen molar-refractivity contribution in [1.82, 2.24) is 9.88 Å². The first-order valence-corrected chi connectivity index (χ1v) is 12.3. The van der Waals surface area contributed by atoms with Crippen molar-refractivity contribution in [3.8, 4) is 10.4 Å². The van der Waals surface area contributed by atoms with Gasteiger partial charge in [-0.2, -0.15) is 0 Å². The van der Waals surface area contributed by atoms with E-state index in [1.165, 1.54) is 0 Å². The summed E-state index contributed by atoms with van der Waals surface area (Å²) in [6, 6.07) is 15.7. The number of aryl methyl sites for hydroxylation is 3. The minimum absolute atomic E-state index is 0.0185. The molecule has 2 heterocycles. The molecule has 1 saturated heterocycles. The summed E-state index contributed by atoms with van der Waals surface area (Å²) in [5.41, 5.74) is 5.67. The van der Waals surface area contributed by atoms with Crippen LogP contribution in [-0.2, 0) is 11.2 Å². The predicted octanol–water partition coefficient (Wildman–Crippen LogP) is 4.98. The molecule has 172 valence electrons. The third-order valence-electron chi connectivity index (χ3n) is 6.70. The van der Waals surface area contributed by atoms with Crippen LogP contribution in [0, 0.1) is 13.8 Å². The smallest absolute Gasteiger partial charge is 0.254 e. The number of hydrogen-bond donors (Lipinski definition) is 1. The van der Waals surface area contributed by atoms with Gasteiger partial charge in [0, 0.05) is 24.9 Å². The molecule has 0 unspecified atom stereocenters. The van der Waals surface area contributed by atoms with Crippen molar-refractivity contribution in [2.24, 2.45) is 0 Å². The Morgan fingerprint density at radius 2 is 1.94 bits per heavy atom. The minimum atomic E-state index is -0.958. The lowest BCUT2D eigenvalue weighted by Gasteiger charge is -2.36. The lowest BCUT2D eigenvalue weighted by molar-refractivity contribution is -0.128. The van der Waals surface area contributed by atoms with Gasteiger partial charge in [0.15, 0.2) is 5.78 Å². The van der Waals surface area contributed by atoms with E-state index in [0.29, 0.717) is 31.2 Å². The highest BCUT2D eigenvalue weighted by Gasteiger charge is 2.51. The minimum Gasteiger partial charge on any atom is -0.391 e. The van der Waals surface area contributed by atoms with Crippen molar-refractivity contribution in [3.63, 3.8) is 0 Å². The number of rotatable bonds is 7. The summed E-state index contributed by atoms with van der Waals surface area (Å²) in [5.74, 6) is -0.167. The zero-order valence-corrected chi connectivity index (χ0v) is 20.2. The first-order chi connectivity index (χ1) is 15.8. The molecule has 0 aliphatic carbocycles. The van der Waals surface area contributed by atoms with E-state index < -0.39 is 11.6 Å². The zero-order chi connectivity index (χ0) is 23.6. The van der Waals surface area contributed by atoms with Crippen molar-refractivity contribution in [2.75, 3.05) is 6.54 Å². The standard InChI is InChI=1S/C27H30N2O3S/c1-4-27(15-23(30)16-29(27)26(32)22-7-5-6-18(2)14-22)24(31)13-10-20-8-11-21(12-9-20)25-19(3)28-17-33-25/h5-9,11-12,14,17,23,30H,4,10,13,15-16H2,1-3H3/t23-,27+/m1/s1. The molecular weight excluding hydrogens is 432 g/mol. The number of aliphatic hydroxyl groups excluding tert-OH is 1. The third kappa shape index (κ3) is 4.63. The normalized spacial score (nSPS) is 20.2. The van der Waals surface area contributed by atoms with Gasteiger partial charge in [0.25, 0.3) is 5.91 Å². The van der Waals surface area contributed by atoms with Crippen molar-refractivity contribution < 1.29 is 14.7 Å². The van der Waals surface area contributed by atoms with E-state index in [2.05, 4.69) is 29.2 Å². The number of Topliss-reactive ketones (excluding diaryl/α,β-unsaturated/α-hetero) is 1. The van der Waals surface area contributed by atoms with Crippen LogP contribution in [-0.4, -0.2) is 44.9 Å². The number of aliphatic hydroxyl groups is 1. The number of carbonyl (C=O) groups is 2. The molecule has 1 aliphatic heterocycles. The summed E-state index contributed by atoms with van der Waals surface area (Å²) < 4.78 is 0. The SMILES string of the molecule is CC[C@@]1(C(=O)CCc2ccc(-c3scnc3C)cc2)C[C@@H](O)CN1C(=O)c1cccc(C)c1. The van der Waals surface area contributed by atoms with E-state index in [9.17, 15) is 14.7 Å². The number of carbonyl (C=O) groups excluding carboxylic acids is 2. The summed E-state index contributed by atoms with van der Waals surface area (Å²) in [7, 11) is 0. The second kappa shape index (κ2) is 9.57. The van der Waals surface area contributed by atoms with Crippen LogP contribution >= 0.6 is 11.3 Å². The molecule has 1 aromatic heterocycles. The van der Waals surface area contributed by atoms with Gasteiger partial charge in [-0.25, -0.2) is 4.98 Å². The highest BCUT2D eigenvalue weighted by molar-refractivity contribution is 7.13. The summed E-state index contributed by atoms with van der Waals surface area (Å²) in [5, 5.41) is 10.4. The fourth-order valence-corrected chi connectivity index (χ4v) is 5.66. The Hall–Kier alpha value is -2.83. The van der Waals surface area contributed by atoms with Gasteiger partial charge in [-0.3, -0.25) is 9.59 Å². The lowest BCUT2D eigenvalue weighted by atomic mass is 9.84. The highest BCUT2D eigenvalue weighted by atomic mass is 32.1. The van der Waals surface area contributed by atoms with E-state index >= 15 is 0 Å². The van der Waals surface area contributed by atoms with Crippen LogP contribution < -0.4 is 0 Å². The number of thiazole rings is 1. The molecule has 0 spiro atoms. The molecule has 1 N–H and O–H groups in total. The number of aromatic nitrogens is 1. The summed E-state index contributed by atoms with van der Waals surface area (Å²) >= 11 is 1.62. The first kappa shape index (κ1) is 23.3. The van der Waals surface area contributed by atoms with Crippen LogP contribution in [0.1, 0.15) is 53.4 Å². The molecule has 4 rings (SSSR count). The Kier molecular flexibility index (Phi) is 6.77. The topological polar surface area (TPSA) is 70.5 Å². The van der Waals surface area contributed by atoms with E-state index in [4.69, 9.17) is 0 Å². The van der Waals surface area contributed by atoms with Gasteiger partial charge in [0.1, 0.15) is 5.54 Å². The van der Waals surface area contributed by atoms with Crippen molar-refractivity contribution in [3.05, 3.63) is 76.4 Å². The molecule has 3 aromatic rings. The molecule has 5 nitrogen and oxygen atoms in total. The third-order valence-corrected chi connectivity index (χ3v) is 7.68. The fraction of sp³-hybridized carbons (Fsp3) is 0.370. The molecule has 0 saturated carbocycles. The number of likely N-dealkylation sites (tertiary alicyclic amines) is 1. The van der Waals surface area contributed by atoms with E-state index in [1.807, 2.05) is 44.5 Å². The number of β-amino-alcohol motifs (C(OH)–C–C–N with tert-alkyl or cyclic N) is 1. The molecular formula is C27H30N2O3S. The number of benzene rings is 2. The van der Waals surface area contributed by atoms with Gasteiger partial charge in [-0.15, -0.1) is 11.3 Å². The summed E-state index contributed by atoms with van der Waals surface area (Å²) in [6.07, 6.45) is 1.03. The summed E-state index contributed by atoms with van der Waals surface area (Å²) in [6.45, 7) is 6.06. The first-order valence-electron chi connectivity index (χ1n) is 11.4. The molecule has 1 aliphatic rings. The van der Waals surface area contributed by atoms with Crippen LogP contribution in [0.25, 0.3) is 10.4 Å². The van der Waals surface area contributed by atoms with Gasteiger partial charge < -0.3 is 10.0 Å². The number of nitrogens with zero attached hydrogens (tertiary/aromatic N) is 2. The monoisotopic (exact) mass is 462 g/mol. The van der Waals surface area contributed by atoms with Crippen molar-refractivity contribution >= 4 is 23.0 Å². The van der Waals surface area contributed by atoms with Crippen molar-refractivity contribution in [1.29, 1.82) is 0 Å². The van der Waals surface area contributed by atoms with E-state index in [1.54, 1.807) is 22.3 Å². The summed E-state index contributed by atoms with van der Waals surface area (Å²) in [4.78, 5) is 33.9. The Morgan fingerprint density at radius 1 is 1.18 bits per heavy atom. The maximum atomic E-state index is 13.5. The zero-order valence-electron chi connectivity index (χ0n) is 19.4. The average Bonchev–Trinajstić information content (AvgIpc) is 3.40. The second-order valence-corrected chi connectivity index (χ2v) is 9.77. The molecule has 0 bridgehead atoms. The largest absolute Gasteiger partial charge is 0.391 e. The number of amides is 1. The van der Waals surface area contributed by atoms with Gasteiger partial charge >= 0.3 is 0 Å². The molecule has 0 radical (unpaired) electrons. The molecule has 2 aromatic carbocycles. The Morgan fingerprint density at radius 3 is 2.58 bits per heavy atom. The molecule has 33 heavy (non-hydrogen) atoms. The second-order valence-electron chi connectivity index (χ2n) is 8.92. The Balaban J connectivity index is 1.50. The molecule has 6 heteroatoms. The maximum Gasteiger partial charge on any atom is 0.254 e. The van der Waals surface area contributed by atoms with Crippen LogP contribution in [0.3, 0.4) is 0 Å². The van der Waals surface area contributed by atoms with Crippen LogP contribution in [0.4, 0.5) is 0 Å². The van der Waals surface area contributed by atoms with E-state index in [0.717, 1.165) is 27.3 Å². The van der Waals surface area contributed by atoms with Crippen LogP contribution in [0.2, 0.25) is 0 Å². The van der Waals surface area contributed by atoms with Gasteiger partial charge in [-0.05, 0) is 49.9 Å². The van der Waals surface area contributed by atoms with Gasteiger partial charge in [0.2, 0.25) is 0 Å². The van der Waals surface area contributed by atoms with Crippen LogP contribution in [0.15, 0.2) is 54.0 Å². The molecule has 1 fully saturated rings. The Labute approximate surface area is 199 Å². The molecule has 2 atom stereocenters. The predicted molar refractivity (Wildman–Crippen MR) is 131 cm³/mol. The number of hydrogen-bond acceptors (Lipinski definition) is 5. The Bertz CT molecular complexity index is 1150. The fourth-order valence-electron chi connectivity index (χ4n) is 4.85. The van der Waals surface area contributed by atoms with Crippen molar-refractivity contribution in [2.45, 2.75) is 58.1 Å². The maximum absolute atomic E-state index is 13.5. The van der Waals surface area contributed by atoms with E-state index in [-0.39, 0.29) is 18.2 Å². The van der Waals surface area contributed by atoms with Gasteiger partial charge in [-0.1, -0.05) is 48.9 Å². The van der Waals surface area contributed by atoms with Crippen LogP contribution in [0.5, 0.6) is 0 Å². The lowest BCUT2D eigenvalue weighted by Crippen LogP contribution is -2.52. The average molecular weight is 463 g/mol. The number of ketones is 1. The molecule has 1 amide bonds.